The molecular weight excluding hydrogens is 276 g/mol. The third-order valence-electron chi connectivity index (χ3n) is 4.07. The number of likely N-dealkylation sites (N-methyl/N-ethyl adjacent to an activating group) is 1. The molecule has 1 N–H and O–H groups in total. The van der Waals surface area contributed by atoms with Gasteiger partial charge in [0.15, 0.2) is 0 Å². The summed E-state index contributed by atoms with van der Waals surface area (Å²) in [7, 11) is 2.22. The van der Waals surface area contributed by atoms with E-state index in [-0.39, 0.29) is 0 Å². The average molecular weight is 297 g/mol. The largest absolute Gasteiger partial charge is 0.306 e. The highest BCUT2D eigenvalue weighted by Crippen LogP contribution is 2.38. The van der Waals surface area contributed by atoms with Crippen LogP contribution in [0.1, 0.15) is 30.9 Å². The predicted molar refractivity (Wildman–Crippen MR) is 83.2 cm³/mol. The van der Waals surface area contributed by atoms with Gasteiger partial charge < -0.3 is 10.2 Å². The van der Waals surface area contributed by atoms with Crippen LogP contribution in [0.5, 0.6) is 0 Å². The summed E-state index contributed by atoms with van der Waals surface area (Å²) in [5.74, 6) is 1.20. The van der Waals surface area contributed by atoms with Crippen molar-refractivity contribution in [3.8, 4) is 0 Å². The molecule has 1 saturated heterocycles. The fraction of sp³-hybridized carbons (Fsp3) is 0.600. The van der Waals surface area contributed by atoms with E-state index in [1.165, 1.54) is 48.6 Å². The Kier molecular flexibility index (Phi) is 4.37. The summed E-state index contributed by atoms with van der Waals surface area (Å²) in [5, 5.41) is 4.71. The van der Waals surface area contributed by atoms with Crippen LogP contribution in [-0.4, -0.2) is 36.8 Å². The second kappa shape index (κ2) is 6.04. The molecule has 2 nitrogen and oxygen atoms in total. The number of nitrogens with one attached hydrogen (secondary N) is 1. The first-order valence-electron chi connectivity index (χ1n) is 7.09. The highest BCUT2D eigenvalue weighted by Gasteiger charge is 2.25. The van der Waals surface area contributed by atoms with Crippen molar-refractivity contribution in [2.75, 3.05) is 25.9 Å². The van der Waals surface area contributed by atoms with Gasteiger partial charge in [-0.3, -0.25) is 0 Å². The summed E-state index contributed by atoms with van der Waals surface area (Å²) in [6.45, 7) is 2.40. The minimum absolute atomic E-state index is 0.478. The van der Waals surface area contributed by atoms with Gasteiger partial charge >= 0.3 is 0 Å². The molecule has 3 rings (SSSR count). The lowest BCUT2D eigenvalue weighted by Crippen LogP contribution is -2.45. The first kappa shape index (κ1) is 13.7. The van der Waals surface area contributed by atoms with Crippen molar-refractivity contribution in [2.24, 2.45) is 0 Å². The molecule has 0 aliphatic carbocycles. The summed E-state index contributed by atoms with van der Waals surface area (Å²) < 4.78 is 0. The smallest absolute Gasteiger partial charge is 0.0410 e. The van der Waals surface area contributed by atoms with E-state index in [2.05, 4.69) is 29.4 Å². The number of piperidine rings is 1. The number of nitrogens with zero attached hydrogens (tertiary/aromatic N) is 1. The molecule has 4 heteroatoms. The molecular formula is C15H21ClN2S. The fourth-order valence-electron chi connectivity index (χ4n) is 3.13. The topological polar surface area (TPSA) is 15.3 Å². The zero-order chi connectivity index (χ0) is 13.2. The van der Waals surface area contributed by atoms with Gasteiger partial charge in [0.05, 0.1) is 0 Å². The van der Waals surface area contributed by atoms with E-state index in [1.807, 2.05) is 17.8 Å². The second-order valence-electron chi connectivity index (χ2n) is 5.64. The Balaban J connectivity index is 1.74. The third-order valence-corrected chi connectivity index (χ3v) is 5.43. The molecule has 2 aliphatic rings. The molecule has 1 fully saturated rings. The van der Waals surface area contributed by atoms with E-state index in [0.717, 1.165) is 5.02 Å². The van der Waals surface area contributed by atoms with Crippen molar-refractivity contribution in [1.29, 1.82) is 0 Å². The maximum Gasteiger partial charge on any atom is 0.0410 e. The molecule has 0 radical (unpaired) electrons. The molecule has 1 aromatic rings. The number of hydrogen-bond donors (Lipinski definition) is 1. The Morgan fingerprint density at radius 2 is 2.26 bits per heavy atom. The number of benzene rings is 1. The van der Waals surface area contributed by atoms with Crippen LogP contribution in [0.25, 0.3) is 0 Å². The molecule has 2 unspecified atom stereocenters. The molecule has 0 amide bonds. The second-order valence-corrected chi connectivity index (χ2v) is 7.21. The van der Waals surface area contributed by atoms with Gasteiger partial charge in [0.1, 0.15) is 0 Å². The first-order valence-corrected chi connectivity index (χ1v) is 8.45. The van der Waals surface area contributed by atoms with Crippen molar-refractivity contribution in [2.45, 2.75) is 36.2 Å². The van der Waals surface area contributed by atoms with Crippen LogP contribution in [0.15, 0.2) is 23.1 Å². The lowest BCUT2D eigenvalue weighted by Gasteiger charge is -2.35. The Morgan fingerprint density at radius 1 is 1.37 bits per heavy atom. The standard InChI is InChI=1S/C15H21ClN2S/c1-18-7-2-3-12(10-18)17-14-6-8-19-15-5-4-11(16)9-13(14)15/h4-5,9,12,14,17H,2-3,6-8,10H2,1H3. The summed E-state index contributed by atoms with van der Waals surface area (Å²) in [4.78, 5) is 3.83. The Hall–Kier alpha value is -0.220. The van der Waals surface area contributed by atoms with Crippen LogP contribution in [0.2, 0.25) is 5.02 Å². The maximum absolute atomic E-state index is 6.16. The van der Waals surface area contributed by atoms with E-state index in [9.17, 15) is 0 Å². The highest BCUT2D eigenvalue weighted by molar-refractivity contribution is 7.99. The Labute approximate surface area is 124 Å². The van der Waals surface area contributed by atoms with Gasteiger partial charge in [0.2, 0.25) is 0 Å². The van der Waals surface area contributed by atoms with Gasteiger partial charge in [-0.15, -0.1) is 11.8 Å². The SMILES string of the molecule is CN1CCCC(NC2CCSc3ccc(Cl)cc32)C1. The molecule has 104 valence electrons. The summed E-state index contributed by atoms with van der Waals surface area (Å²) >= 11 is 8.12. The zero-order valence-corrected chi connectivity index (χ0v) is 12.9. The first-order chi connectivity index (χ1) is 9.22. The number of hydrogen-bond acceptors (Lipinski definition) is 3. The van der Waals surface area contributed by atoms with Gasteiger partial charge in [-0.05, 0) is 62.4 Å². The Morgan fingerprint density at radius 3 is 3.11 bits per heavy atom. The van der Waals surface area contributed by atoms with E-state index in [0.29, 0.717) is 12.1 Å². The van der Waals surface area contributed by atoms with Crippen LogP contribution in [-0.2, 0) is 0 Å². The molecule has 19 heavy (non-hydrogen) atoms. The van der Waals surface area contributed by atoms with E-state index >= 15 is 0 Å². The molecule has 2 aliphatic heterocycles. The van der Waals surface area contributed by atoms with Gasteiger partial charge in [-0.2, -0.15) is 0 Å². The predicted octanol–water partition coefficient (Wildman–Crippen LogP) is 3.56. The fourth-order valence-corrected chi connectivity index (χ4v) is 4.41. The molecule has 2 atom stereocenters. The van der Waals surface area contributed by atoms with Gasteiger partial charge in [0.25, 0.3) is 0 Å². The van der Waals surface area contributed by atoms with Crippen LogP contribution in [0, 0.1) is 0 Å². The molecule has 0 aromatic heterocycles. The van der Waals surface area contributed by atoms with E-state index < -0.39 is 0 Å². The van der Waals surface area contributed by atoms with Crippen molar-refractivity contribution in [3.05, 3.63) is 28.8 Å². The lowest BCUT2D eigenvalue weighted by atomic mass is 9.99. The van der Waals surface area contributed by atoms with E-state index in [1.54, 1.807) is 0 Å². The molecule has 0 spiro atoms. The van der Waals surface area contributed by atoms with Crippen LogP contribution < -0.4 is 5.32 Å². The minimum atomic E-state index is 0.478. The average Bonchev–Trinajstić information content (AvgIpc) is 2.39. The Bertz CT molecular complexity index is 452. The number of halogens is 1. The van der Waals surface area contributed by atoms with Gasteiger partial charge in [-0.1, -0.05) is 11.6 Å². The highest BCUT2D eigenvalue weighted by atomic mass is 35.5. The van der Waals surface area contributed by atoms with Gasteiger partial charge in [-0.25, -0.2) is 0 Å². The van der Waals surface area contributed by atoms with E-state index in [4.69, 9.17) is 11.6 Å². The number of rotatable bonds is 2. The molecule has 2 heterocycles. The summed E-state index contributed by atoms with van der Waals surface area (Å²) in [6.07, 6.45) is 3.81. The van der Waals surface area contributed by atoms with Crippen molar-refractivity contribution in [3.63, 3.8) is 0 Å². The molecule has 0 bridgehead atoms. The quantitative estimate of drug-likeness (QED) is 0.898. The number of likely N-dealkylation sites (tertiary alicyclic amines) is 1. The number of thioether (sulfide) groups is 1. The summed E-state index contributed by atoms with van der Waals surface area (Å²) in [5.41, 5.74) is 1.40. The van der Waals surface area contributed by atoms with Crippen LogP contribution >= 0.6 is 23.4 Å². The van der Waals surface area contributed by atoms with Crippen LogP contribution in [0.3, 0.4) is 0 Å². The lowest BCUT2D eigenvalue weighted by molar-refractivity contribution is 0.214. The molecule has 1 aromatic carbocycles. The van der Waals surface area contributed by atoms with Crippen molar-refractivity contribution < 1.29 is 0 Å². The zero-order valence-electron chi connectivity index (χ0n) is 11.4. The normalized spacial score (nSPS) is 28.1. The monoisotopic (exact) mass is 296 g/mol. The van der Waals surface area contributed by atoms with Crippen molar-refractivity contribution >= 4 is 23.4 Å². The minimum Gasteiger partial charge on any atom is -0.306 e. The molecule has 0 saturated carbocycles. The third kappa shape index (κ3) is 3.27. The van der Waals surface area contributed by atoms with Crippen LogP contribution in [0.4, 0.5) is 0 Å². The maximum atomic E-state index is 6.16. The summed E-state index contributed by atoms with van der Waals surface area (Å²) in [6, 6.07) is 7.42. The van der Waals surface area contributed by atoms with Gasteiger partial charge in [0, 0.05) is 28.5 Å². The van der Waals surface area contributed by atoms with Crippen molar-refractivity contribution in [1.82, 2.24) is 10.2 Å². The number of fused-ring (bicyclic) bond motifs is 1.